The highest BCUT2D eigenvalue weighted by Crippen LogP contribution is 2.17. The van der Waals surface area contributed by atoms with Gasteiger partial charge in [-0.3, -0.25) is 9.48 Å². The average molecular weight is 222 g/mol. The number of nitrogens with zero attached hydrogens (tertiary/aromatic N) is 2. The third kappa shape index (κ3) is 3.06. The summed E-state index contributed by atoms with van der Waals surface area (Å²) in [6, 6.07) is 0.575. The normalized spacial score (nSPS) is 15.1. The SMILES string of the molecule is Cc1nn(C)cc1CNC(=O)CNC1CC1. The van der Waals surface area contributed by atoms with Crippen molar-refractivity contribution >= 4 is 5.91 Å². The van der Waals surface area contributed by atoms with Gasteiger partial charge in [-0.2, -0.15) is 5.10 Å². The molecule has 2 N–H and O–H groups in total. The van der Waals surface area contributed by atoms with E-state index in [0.29, 0.717) is 19.1 Å². The van der Waals surface area contributed by atoms with Crippen molar-refractivity contribution in [2.45, 2.75) is 32.4 Å². The van der Waals surface area contributed by atoms with Gasteiger partial charge in [0, 0.05) is 31.4 Å². The molecule has 1 amide bonds. The number of hydrogen-bond acceptors (Lipinski definition) is 3. The zero-order valence-electron chi connectivity index (χ0n) is 9.79. The standard InChI is InChI=1S/C11H18N4O/c1-8-9(7-15(2)14-8)5-13-11(16)6-12-10-3-4-10/h7,10,12H,3-6H2,1-2H3,(H,13,16). The summed E-state index contributed by atoms with van der Waals surface area (Å²) in [5.74, 6) is 0.0511. The fraction of sp³-hybridized carbons (Fsp3) is 0.636. The lowest BCUT2D eigenvalue weighted by Gasteiger charge is -2.04. The molecule has 88 valence electrons. The van der Waals surface area contributed by atoms with Crippen LogP contribution < -0.4 is 10.6 Å². The monoisotopic (exact) mass is 222 g/mol. The van der Waals surface area contributed by atoms with Gasteiger partial charge in [-0.1, -0.05) is 0 Å². The molecular weight excluding hydrogens is 204 g/mol. The van der Waals surface area contributed by atoms with E-state index in [1.54, 1.807) is 4.68 Å². The van der Waals surface area contributed by atoms with Gasteiger partial charge >= 0.3 is 0 Å². The van der Waals surface area contributed by atoms with Crippen LogP contribution in [0.15, 0.2) is 6.20 Å². The van der Waals surface area contributed by atoms with E-state index in [0.717, 1.165) is 11.3 Å². The Bertz CT molecular complexity index is 381. The number of hydrogen-bond donors (Lipinski definition) is 2. The number of aromatic nitrogens is 2. The lowest BCUT2D eigenvalue weighted by atomic mass is 10.2. The molecule has 1 fully saturated rings. The van der Waals surface area contributed by atoms with Gasteiger partial charge in [0.25, 0.3) is 0 Å². The lowest BCUT2D eigenvalue weighted by molar-refractivity contribution is -0.120. The first-order valence-electron chi connectivity index (χ1n) is 5.64. The Morgan fingerprint density at radius 1 is 1.62 bits per heavy atom. The van der Waals surface area contributed by atoms with E-state index >= 15 is 0 Å². The molecule has 0 spiro atoms. The van der Waals surface area contributed by atoms with Gasteiger partial charge in [0.2, 0.25) is 5.91 Å². The van der Waals surface area contributed by atoms with Gasteiger partial charge in [-0.25, -0.2) is 0 Å². The molecule has 1 aliphatic rings. The molecule has 1 aliphatic carbocycles. The van der Waals surface area contributed by atoms with Crippen LogP contribution in [0.3, 0.4) is 0 Å². The molecule has 5 nitrogen and oxygen atoms in total. The lowest BCUT2D eigenvalue weighted by Crippen LogP contribution is -2.34. The van der Waals surface area contributed by atoms with Crippen LogP contribution in [0.1, 0.15) is 24.1 Å². The Morgan fingerprint density at radius 2 is 2.38 bits per heavy atom. The highest BCUT2D eigenvalue weighted by molar-refractivity contribution is 5.78. The van der Waals surface area contributed by atoms with Crippen molar-refractivity contribution in [1.82, 2.24) is 20.4 Å². The highest BCUT2D eigenvalue weighted by Gasteiger charge is 2.21. The first-order chi connectivity index (χ1) is 7.65. The van der Waals surface area contributed by atoms with E-state index in [9.17, 15) is 4.79 Å². The third-order valence-corrected chi connectivity index (χ3v) is 2.72. The van der Waals surface area contributed by atoms with Crippen LogP contribution in [0.2, 0.25) is 0 Å². The van der Waals surface area contributed by atoms with Crippen LogP contribution in [0.4, 0.5) is 0 Å². The Balaban J connectivity index is 1.73. The van der Waals surface area contributed by atoms with Gasteiger partial charge in [-0.05, 0) is 19.8 Å². The van der Waals surface area contributed by atoms with Crippen molar-refractivity contribution in [3.8, 4) is 0 Å². The zero-order valence-corrected chi connectivity index (χ0v) is 9.79. The molecule has 0 radical (unpaired) electrons. The summed E-state index contributed by atoms with van der Waals surface area (Å²) in [5, 5.41) is 10.3. The first-order valence-corrected chi connectivity index (χ1v) is 5.64. The van der Waals surface area contributed by atoms with Gasteiger partial charge in [0.1, 0.15) is 0 Å². The molecule has 0 aromatic carbocycles. The van der Waals surface area contributed by atoms with Crippen LogP contribution in [-0.4, -0.2) is 28.3 Å². The molecule has 0 unspecified atom stereocenters. The summed E-state index contributed by atoms with van der Waals surface area (Å²) in [6.07, 6.45) is 4.34. The Labute approximate surface area is 95.2 Å². The van der Waals surface area contributed by atoms with Crippen molar-refractivity contribution in [2.75, 3.05) is 6.54 Å². The molecule has 0 saturated heterocycles. The first kappa shape index (κ1) is 11.1. The molecular formula is C11H18N4O. The number of rotatable bonds is 5. The minimum atomic E-state index is 0.0511. The van der Waals surface area contributed by atoms with E-state index in [-0.39, 0.29) is 5.91 Å². The number of amides is 1. The summed E-state index contributed by atoms with van der Waals surface area (Å²) >= 11 is 0. The summed E-state index contributed by atoms with van der Waals surface area (Å²) < 4.78 is 1.76. The topological polar surface area (TPSA) is 59.0 Å². The van der Waals surface area contributed by atoms with Crippen molar-refractivity contribution in [1.29, 1.82) is 0 Å². The quantitative estimate of drug-likeness (QED) is 0.742. The van der Waals surface area contributed by atoms with E-state index in [1.165, 1.54) is 12.8 Å². The van der Waals surface area contributed by atoms with Gasteiger partial charge in [-0.15, -0.1) is 0 Å². The van der Waals surface area contributed by atoms with E-state index in [4.69, 9.17) is 0 Å². The van der Waals surface area contributed by atoms with Crippen molar-refractivity contribution in [3.63, 3.8) is 0 Å². The maximum atomic E-state index is 11.5. The Morgan fingerprint density at radius 3 is 2.94 bits per heavy atom. The summed E-state index contributed by atoms with van der Waals surface area (Å²) in [7, 11) is 1.88. The van der Waals surface area contributed by atoms with Crippen LogP contribution in [0.5, 0.6) is 0 Å². The molecule has 1 saturated carbocycles. The average Bonchev–Trinajstić information content (AvgIpc) is 2.99. The molecule has 2 rings (SSSR count). The van der Waals surface area contributed by atoms with E-state index < -0.39 is 0 Å². The largest absolute Gasteiger partial charge is 0.351 e. The Hall–Kier alpha value is -1.36. The second kappa shape index (κ2) is 4.65. The summed E-state index contributed by atoms with van der Waals surface area (Å²) in [4.78, 5) is 11.5. The van der Waals surface area contributed by atoms with Gasteiger partial charge < -0.3 is 10.6 Å². The third-order valence-electron chi connectivity index (χ3n) is 2.72. The minimum absolute atomic E-state index is 0.0511. The fourth-order valence-electron chi connectivity index (χ4n) is 1.60. The predicted octanol–water partition coefficient (Wildman–Crippen LogP) is 0.0967. The van der Waals surface area contributed by atoms with Gasteiger partial charge in [0.05, 0.1) is 12.2 Å². The van der Waals surface area contributed by atoms with Crippen LogP contribution in [-0.2, 0) is 18.4 Å². The summed E-state index contributed by atoms with van der Waals surface area (Å²) in [6.45, 7) is 2.93. The van der Waals surface area contributed by atoms with Crippen LogP contribution >= 0.6 is 0 Å². The number of aryl methyl sites for hydroxylation is 2. The maximum absolute atomic E-state index is 11.5. The van der Waals surface area contributed by atoms with Gasteiger partial charge in [0.15, 0.2) is 0 Å². The Kier molecular flexibility index (Phi) is 3.24. The van der Waals surface area contributed by atoms with Crippen molar-refractivity contribution in [2.24, 2.45) is 7.05 Å². The van der Waals surface area contributed by atoms with Crippen molar-refractivity contribution < 1.29 is 4.79 Å². The molecule has 5 heteroatoms. The second-order valence-corrected chi connectivity index (χ2v) is 4.35. The number of nitrogens with one attached hydrogen (secondary N) is 2. The zero-order chi connectivity index (χ0) is 11.5. The minimum Gasteiger partial charge on any atom is -0.351 e. The number of carbonyl (C=O) groups is 1. The second-order valence-electron chi connectivity index (χ2n) is 4.35. The molecule has 0 bridgehead atoms. The van der Waals surface area contributed by atoms with Crippen LogP contribution in [0, 0.1) is 6.92 Å². The highest BCUT2D eigenvalue weighted by atomic mass is 16.1. The maximum Gasteiger partial charge on any atom is 0.234 e. The molecule has 0 atom stereocenters. The summed E-state index contributed by atoms with van der Waals surface area (Å²) in [5.41, 5.74) is 2.04. The van der Waals surface area contributed by atoms with E-state index in [1.807, 2.05) is 20.2 Å². The molecule has 1 heterocycles. The predicted molar refractivity (Wildman–Crippen MR) is 60.8 cm³/mol. The molecule has 16 heavy (non-hydrogen) atoms. The van der Waals surface area contributed by atoms with E-state index in [2.05, 4.69) is 15.7 Å². The van der Waals surface area contributed by atoms with Crippen molar-refractivity contribution in [3.05, 3.63) is 17.5 Å². The molecule has 1 aromatic rings. The molecule has 1 aromatic heterocycles. The van der Waals surface area contributed by atoms with Crippen LogP contribution in [0.25, 0.3) is 0 Å². The molecule has 0 aliphatic heterocycles. The smallest absolute Gasteiger partial charge is 0.234 e. The number of carbonyl (C=O) groups excluding carboxylic acids is 1. The fourth-order valence-corrected chi connectivity index (χ4v) is 1.60.